The van der Waals surface area contributed by atoms with Crippen LogP contribution in [0.3, 0.4) is 0 Å². The topological polar surface area (TPSA) is 45.6 Å². The van der Waals surface area contributed by atoms with E-state index in [1.165, 1.54) is 0 Å². The molecule has 0 radical (unpaired) electrons. The molecule has 0 aromatic carbocycles. The summed E-state index contributed by atoms with van der Waals surface area (Å²) < 4.78 is 18.0. The maximum absolute atomic E-state index is 12.1. The van der Waals surface area contributed by atoms with Crippen LogP contribution in [0.4, 0.5) is 4.39 Å². The smallest absolute Gasteiger partial charge is 0.191 e. The zero-order chi connectivity index (χ0) is 15.0. The monoisotopic (exact) mass is 287 g/mol. The van der Waals surface area contributed by atoms with E-state index in [0.29, 0.717) is 25.1 Å². The zero-order valence-corrected chi connectivity index (χ0v) is 13.3. The number of aliphatic imine (C=N–C) groups is 1. The molecule has 1 aliphatic carbocycles. The fourth-order valence-corrected chi connectivity index (χ4v) is 3.22. The Hall–Kier alpha value is -0.840. The summed E-state index contributed by atoms with van der Waals surface area (Å²) in [4.78, 5) is 4.22. The van der Waals surface area contributed by atoms with Crippen molar-refractivity contribution in [2.24, 2.45) is 10.4 Å². The first-order valence-electron chi connectivity index (χ1n) is 7.83. The molecule has 1 saturated carbocycles. The molecule has 0 saturated heterocycles. The highest BCUT2D eigenvalue weighted by atomic mass is 19.1. The SMILES string of the molecule is CCOC1CC(NC(=NC)NCCCF)C1(CC)CC. The molecule has 0 bridgehead atoms. The summed E-state index contributed by atoms with van der Waals surface area (Å²) in [5.74, 6) is 0.768. The van der Waals surface area contributed by atoms with Crippen LogP contribution < -0.4 is 10.6 Å². The number of hydrogen-bond acceptors (Lipinski definition) is 2. The summed E-state index contributed by atoms with van der Waals surface area (Å²) in [5.41, 5.74) is 0.188. The van der Waals surface area contributed by atoms with Crippen LogP contribution in [-0.4, -0.2) is 45.0 Å². The van der Waals surface area contributed by atoms with Crippen LogP contribution >= 0.6 is 0 Å². The number of hydrogen-bond donors (Lipinski definition) is 2. The summed E-state index contributed by atoms with van der Waals surface area (Å²) in [7, 11) is 1.75. The van der Waals surface area contributed by atoms with Gasteiger partial charge in [-0.3, -0.25) is 9.38 Å². The molecule has 1 rings (SSSR count). The van der Waals surface area contributed by atoms with Crippen LogP contribution in [-0.2, 0) is 4.74 Å². The molecular formula is C15H30FN3O. The van der Waals surface area contributed by atoms with Gasteiger partial charge in [0.1, 0.15) is 0 Å². The Balaban J connectivity index is 2.58. The summed E-state index contributed by atoms with van der Waals surface area (Å²) in [6.45, 7) is 7.58. The average molecular weight is 287 g/mol. The Labute approximate surface area is 122 Å². The molecule has 1 fully saturated rings. The van der Waals surface area contributed by atoms with E-state index in [1.807, 2.05) is 6.92 Å². The third kappa shape index (κ3) is 3.62. The fraction of sp³-hybridized carbons (Fsp3) is 0.933. The van der Waals surface area contributed by atoms with Gasteiger partial charge in [-0.2, -0.15) is 0 Å². The molecule has 2 N–H and O–H groups in total. The molecule has 0 amide bonds. The number of rotatable bonds is 8. The predicted molar refractivity (Wildman–Crippen MR) is 81.9 cm³/mol. The van der Waals surface area contributed by atoms with Crippen molar-refractivity contribution >= 4 is 5.96 Å². The van der Waals surface area contributed by atoms with Crippen molar-refractivity contribution < 1.29 is 9.13 Å². The van der Waals surface area contributed by atoms with E-state index in [-0.39, 0.29) is 12.1 Å². The first-order valence-corrected chi connectivity index (χ1v) is 7.83. The summed E-state index contributed by atoms with van der Waals surface area (Å²) >= 11 is 0. The van der Waals surface area contributed by atoms with E-state index < -0.39 is 0 Å². The van der Waals surface area contributed by atoms with Gasteiger partial charge in [0.25, 0.3) is 0 Å². The van der Waals surface area contributed by atoms with E-state index in [1.54, 1.807) is 7.05 Å². The van der Waals surface area contributed by atoms with Gasteiger partial charge >= 0.3 is 0 Å². The molecule has 4 nitrogen and oxygen atoms in total. The standard InChI is InChI=1S/C15H30FN3O/c1-5-15(6-2)12(11-13(15)20-7-3)19-14(17-4)18-10-8-9-16/h12-13H,5-11H2,1-4H3,(H2,17,18,19). The van der Waals surface area contributed by atoms with Crippen molar-refractivity contribution in [3.8, 4) is 0 Å². The first-order chi connectivity index (χ1) is 9.68. The maximum Gasteiger partial charge on any atom is 0.191 e. The number of halogens is 1. The Morgan fingerprint density at radius 1 is 1.35 bits per heavy atom. The number of nitrogens with zero attached hydrogens (tertiary/aromatic N) is 1. The molecule has 0 heterocycles. The normalized spacial score (nSPS) is 25.1. The molecule has 2 atom stereocenters. The lowest BCUT2D eigenvalue weighted by Gasteiger charge is -2.55. The molecule has 118 valence electrons. The van der Waals surface area contributed by atoms with Crippen molar-refractivity contribution in [1.29, 1.82) is 0 Å². The molecule has 0 aromatic heterocycles. The van der Waals surface area contributed by atoms with Gasteiger partial charge in [0.05, 0.1) is 12.8 Å². The Morgan fingerprint density at radius 3 is 2.55 bits per heavy atom. The molecule has 0 aliphatic heterocycles. The molecule has 2 unspecified atom stereocenters. The summed E-state index contributed by atoms with van der Waals surface area (Å²) in [6, 6.07) is 0.380. The lowest BCUT2D eigenvalue weighted by Crippen LogP contribution is -2.65. The predicted octanol–water partition coefficient (Wildman–Crippen LogP) is 2.49. The molecular weight excluding hydrogens is 257 g/mol. The third-order valence-corrected chi connectivity index (χ3v) is 4.61. The zero-order valence-electron chi connectivity index (χ0n) is 13.3. The maximum atomic E-state index is 12.1. The summed E-state index contributed by atoms with van der Waals surface area (Å²) in [6.07, 6.45) is 4.04. The number of guanidine groups is 1. The Morgan fingerprint density at radius 2 is 2.05 bits per heavy atom. The Bertz CT molecular complexity index is 305. The molecule has 1 aliphatic rings. The number of nitrogens with one attached hydrogen (secondary N) is 2. The van der Waals surface area contributed by atoms with Crippen molar-refractivity contribution in [3.63, 3.8) is 0 Å². The van der Waals surface area contributed by atoms with Gasteiger partial charge in [0, 0.05) is 31.7 Å². The van der Waals surface area contributed by atoms with Gasteiger partial charge < -0.3 is 15.4 Å². The van der Waals surface area contributed by atoms with Crippen LogP contribution in [0.15, 0.2) is 4.99 Å². The van der Waals surface area contributed by atoms with Crippen LogP contribution in [0.25, 0.3) is 0 Å². The van der Waals surface area contributed by atoms with Crippen LogP contribution in [0.5, 0.6) is 0 Å². The molecule has 0 spiro atoms. The highest BCUT2D eigenvalue weighted by molar-refractivity contribution is 5.80. The van der Waals surface area contributed by atoms with E-state index in [4.69, 9.17) is 4.74 Å². The molecule has 0 aromatic rings. The van der Waals surface area contributed by atoms with E-state index in [0.717, 1.165) is 31.8 Å². The second kappa shape index (κ2) is 8.45. The van der Waals surface area contributed by atoms with Crippen LogP contribution in [0, 0.1) is 5.41 Å². The minimum Gasteiger partial charge on any atom is -0.378 e. The fourth-order valence-electron chi connectivity index (χ4n) is 3.22. The Kier molecular flexibility index (Phi) is 7.27. The first kappa shape index (κ1) is 17.2. The minimum atomic E-state index is -0.298. The lowest BCUT2D eigenvalue weighted by molar-refractivity contribution is -0.133. The molecule has 5 heteroatoms. The van der Waals surface area contributed by atoms with Crippen LogP contribution in [0.1, 0.15) is 46.5 Å². The van der Waals surface area contributed by atoms with E-state index in [9.17, 15) is 4.39 Å². The van der Waals surface area contributed by atoms with Crippen molar-refractivity contribution in [3.05, 3.63) is 0 Å². The van der Waals surface area contributed by atoms with Gasteiger partial charge in [-0.05, 0) is 32.6 Å². The van der Waals surface area contributed by atoms with Gasteiger partial charge in [0.2, 0.25) is 0 Å². The average Bonchev–Trinajstić information content (AvgIpc) is 2.46. The van der Waals surface area contributed by atoms with E-state index >= 15 is 0 Å². The third-order valence-electron chi connectivity index (χ3n) is 4.61. The quantitative estimate of drug-likeness (QED) is 0.409. The second-order valence-corrected chi connectivity index (χ2v) is 5.36. The van der Waals surface area contributed by atoms with Gasteiger partial charge in [0.15, 0.2) is 5.96 Å². The number of ether oxygens (including phenoxy) is 1. The van der Waals surface area contributed by atoms with E-state index in [2.05, 4.69) is 29.5 Å². The minimum absolute atomic E-state index is 0.188. The summed E-state index contributed by atoms with van der Waals surface area (Å²) in [5, 5.41) is 6.64. The van der Waals surface area contributed by atoms with Gasteiger partial charge in [-0.1, -0.05) is 13.8 Å². The largest absolute Gasteiger partial charge is 0.378 e. The van der Waals surface area contributed by atoms with Crippen LogP contribution in [0.2, 0.25) is 0 Å². The van der Waals surface area contributed by atoms with Crippen molar-refractivity contribution in [2.75, 3.05) is 26.9 Å². The highest BCUT2D eigenvalue weighted by Gasteiger charge is 2.53. The lowest BCUT2D eigenvalue weighted by atomic mass is 9.58. The van der Waals surface area contributed by atoms with Gasteiger partial charge in [-0.15, -0.1) is 0 Å². The van der Waals surface area contributed by atoms with Crippen molar-refractivity contribution in [1.82, 2.24) is 10.6 Å². The van der Waals surface area contributed by atoms with Gasteiger partial charge in [-0.25, -0.2) is 0 Å². The molecule has 20 heavy (non-hydrogen) atoms. The second-order valence-electron chi connectivity index (χ2n) is 5.36. The number of alkyl halides is 1. The highest BCUT2D eigenvalue weighted by Crippen LogP contribution is 2.48. The van der Waals surface area contributed by atoms with Crippen molar-refractivity contribution in [2.45, 2.75) is 58.6 Å².